The lowest BCUT2D eigenvalue weighted by molar-refractivity contribution is -0.870. The van der Waals surface area contributed by atoms with E-state index in [1.165, 1.54) is 128 Å². The smallest absolute Gasteiger partial charge is 0.102 e. The normalized spacial score (nSPS) is 12.3. The number of nitrogens with zero attached hydrogens (tertiary/aromatic N) is 1. The Bertz CT molecular complexity index is 358. The Morgan fingerprint density at radius 2 is 0.871 bits per heavy atom. The van der Waals surface area contributed by atoms with Gasteiger partial charge in [-0.1, -0.05) is 115 Å². The van der Waals surface area contributed by atoms with Crippen LogP contribution >= 0.6 is 0 Å². The molecule has 0 N–H and O–H groups in total. The van der Waals surface area contributed by atoms with Crippen molar-refractivity contribution in [2.24, 2.45) is 0 Å². The molecule has 0 aromatic rings. The molecule has 0 heterocycles. The minimum atomic E-state index is 0.902. The molecular weight excluding hydrogens is 378 g/mol. The van der Waals surface area contributed by atoms with Crippen LogP contribution in [-0.4, -0.2) is 45.4 Å². The van der Waals surface area contributed by atoms with Crippen LogP contribution in [0.2, 0.25) is 0 Å². The van der Waals surface area contributed by atoms with Crippen LogP contribution in [-0.2, 0) is 4.74 Å². The second-order valence-electron chi connectivity index (χ2n) is 10.7. The maximum Gasteiger partial charge on any atom is 0.102 e. The first kappa shape index (κ1) is 30.7. The number of ether oxygens (including phenoxy) is 1. The summed E-state index contributed by atoms with van der Waals surface area (Å²) in [6, 6.07) is 0. The Morgan fingerprint density at radius 3 is 1.29 bits per heavy atom. The van der Waals surface area contributed by atoms with Gasteiger partial charge in [0.25, 0.3) is 0 Å². The van der Waals surface area contributed by atoms with E-state index in [9.17, 15) is 0 Å². The van der Waals surface area contributed by atoms with Crippen LogP contribution in [0.15, 0.2) is 12.2 Å². The third-order valence-electron chi connectivity index (χ3n) is 6.21. The number of likely N-dealkylation sites (N-methyl/N-ethyl adjacent to an activating group) is 1. The van der Waals surface area contributed by atoms with Crippen molar-refractivity contribution in [3.8, 4) is 0 Å². The van der Waals surface area contributed by atoms with Gasteiger partial charge in [0.2, 0.25) is 0 Å². The van der Waals surface area contributed by atoms with Crippen molar-refractivity contribution >= 4 is 0 Å². The highest BCUT2D eigenvalue weighted by Crippen LogP contribution is 2.13. The quantitative estimate of drug-likeness (QED) is 0.0784. The first-order chi connectivity index (χ1) is 15.1. The fourth-order valence-electron chi connectivity index (χ4n) is 3.95. The average Bonchev–Trinajstić information content (AvgIpc) is 2.73. The van der Waals surface area contributed by atoms with Crippen molar-refractivity contribution in [3.05, 3.63) is 12.2 Å². The third-order valence-corrected chi connectivity index (χ3v) is 6.21. The molecule has 0 aromatic carbocycles. The molecule has 0 rings (SSSR count). The maximum absolute atomic E-state index is 5.73. The number of quaternary nitrogens is 1. The van der Waals surface area contributed by atoms with Crippen molar-refractivity contribution in [2.45, 2.75) is 135 Å². The van der Waals surface area contributed by atoms with Crippen LogP contribution in [0.4, 0.5) is 0 Å². The van der Waals surface area contributed by atoms with Crippen molar-refractivity contribution in [2.75, 3.05) is 40.9 Å². The zero-order chi connectivity index (χ0) is 22.9. The average molecular weight is 439 g/mol. The highest BCUT2D eigenvalue weighted by Gasteiger charge is 2.05. The number of unbranched alkanes of at least 4 members (excludes halogenated alkanes) is 18. The van der Waals surface area contributed by atoms with Crippen LogP contribution < -0.4 is 0 Å². The Hall–Kier alpha value is -0.340. The van der Waals surface area contributed by atoms with Crippen molar-refractivity contribution in [1.82, 2.24) is 0 Å². The van der Waals surface area contributed by atoms with Gasteiger partial charge in [0.1, 0.15) is 6.54 Å². The van der Waals surface area contributed by atoms with Gasteiger partial charge >= 0.3 is 0 Å². The van der Waals surface area contributed by atoms with Crippen molar-refractivity contribution in [1.29, 1.82) is 0 Å². The van der Waals surface area contributed by atoms with E-state index in [0.717, 1.165) is 24.2 Å². The van der Waals surface area contributed by atoms with Crippen molar-refractivity contribution in [3.63, 3.8) is 0 Å². The standard InChI is InChI=1S/C29H60NO/c1-5-6-7-8-9-10-11-12-13-14-15-16-17-18-19-20-21-22-23-24-25-26-28-31-29-27-30(2,3)4/h12-13H,5-11,14-29H2,1-4H3/q+1. The lowest BCUT2D eigenvalue weighted by atomic mass is 10.0. The number of allylic oxidation sites excluding steroid dienone is 2. The fourth-order valence-corrected chi connectivity index (χ4v) is 3.95. The van der Waals surface area contributed by atoms with E-state index in [-0.39, 0.29) is 0 Å². The maximum atomic E-state index is 5.73. The van der Waals surface area contributed by atoms with Gasteiger partial charge in [0.05, 0.1) is 27.7 Å². The molecule has 2 heteroatoms. The number of hydrogen-bond acceptors (Lipinski definition) is 1. The minimum absolute atomic E-state index is 0.902. The van der Waals surface area contributed by atoms with Crippen molar-refractivity contribution < 1.29 is 9.22 Å². The Kier molecular flexibility index (Phi) is 24.0. The van der Waals surface area contributed by atoms with Gasteiger partial charge in [-0.2, -0.15) is 0 Å². The molecule has 0 unspecified atom stereocenters. The molecule has 0 aliphatic rings. The molecule has 0 aliphatic carbocycles. The summed E-state index contributed by atoms with van der Waals surface area (Å²) in [5, 5.41) is 0. The minimum Gasteiger partial charge on any atom is -0.376 e. The summed E-state index contributed by atoms with van der Waals surface area (Å²) in [5.41, 5.74) is 0. The summed E-state index contributed by atoms with van der Waals surface area (Å²) in [6.07, 6.45) is 32.8. The van der Waals surface area contributed by atoms with Crippen LogP contribution in [0.1, 0.15) is 135 Å². The topological polar surface area (TPSA) is 9.23 Å². The van der Waals surface area contributed by atoms with Crippen LogP contribution in [0.25, 0.3) is 0 Å². The predicted octanol–water partition coefficient (Wildman–Crippen LogP) is 9.09. The second kappa shape index (κ2) is 24.3. The van der Waals surface area contributed by atoms with Gasteiger partial charge in [0.15, 0.2) is 0 Å². The monoisotopic (exact) mass is 438 g/mol. The summed E-state index contributed by atoms with van der Waals surface area (Å²) < 4.78 is 6.73. The molecule has 0 atom stereocenters. The molecule has 186 valence electrons. The molecule has 0 fully saturated rings. The molecule has 0 aromatic heterocycles. The fraction of sp³-hybridized carbons (Fsp3) is 0.931. The predicted molar refractivity (Wildman–Crippen MR) is 141 cm³/mol. The highest BCUT2D eigenvalue weighted by atomic mass is 16.5. The van der Waals surface area contributed by atoms with Gasteiger partial charge in [0, 0.05) is 6.61 Å². The van der Waals surface area contributed by atoms with Crippen LogP contribution in [0, 0.1) is 0 Å². The summed E-state index contributed by atoms with van der Waals surface area (Å²) in [4.78, 5) is 0. The molecular formula is C29H60NO+. The van der Waals surface area contributed by atoms with E-state index in [0.29, 0.717) is 0 Å². The summed E-state index contributed by atoms with van der Waals surface area (Å²) in [7, 11) is 6.67. The van der Waals surface area contributed by atoms with E-state index in [1.807, 2.05) is 0 Å². The van der Waals surface area contributed by atoms with E-state index >= 15 is 0 Å². The van der Waals surface area contributed by atoms with Crippen LogP contribution in [0.3, 0.4) is 0 Å². The Labute approximate surface area is 197 Å². The largest absolute Gasteiger partial charge is 0.376 e. The first-order valence-corrected chi connectivity index (χ1v) is 14.1. The summed E-state index contributed by atoms with van der Waals surface area (Å²) >= 11 is 0. The van der Waals surface area contributed by atoms with E-state index in [1.54, 1.807) is 0 Å². The lowest BCUT2D eigenvalue weighted by Crippen LogP contribution is -2.37. The number of rotatable bonds is 25. The number of hydrogen-bond donors (Lipinski definition) is 0. The molecule has 2 nitrogen and oxygen atoms in total. The van der Waals surface area contributed by atoms with Gasteiger partial charge in [-0.05, 0) is 32.1 Å². The van der Waals surface area contributed by atoms with E-state index in [4.69, 9.17) is 4.74 Å². The highest BCUT2D eigenvalue weighted by molar-refractivity contribution is 4.81. The molecule has 0 aliphatic heterocycles. The van der Waals surface area contributed by atoms with Gasteiger partial charge < -0.3 is 9.22 Å². The van der Waals surface area contributed by atoms with Gasteiger partial charge in [-0.3, -0.25) is 0 Å². The van der Waals surface area contributed by atoms with Gasteiger partial charge in [-0.25, -0.2) is 0 Å². The zero-order valence-corrected chi connectivity index (χ0v) is 22.3. The Balaban J connectivity index is 3.08. The van der Waals surface area contributed by atoms with E-state index < -0.39 is 0 Å². The molecule has 0 spiro atoms. The molecule has 0 bridgehead atoms. The third kappa shape index (κ3) is 29.7. The molecule has 0 radical (unpaired) electrons. The second-order valence-corrected chi connectivity index (χ2v) is 10.7. The lowest BCUT2D eigenvalue weighted by Gasteiger charge is -2.23. The summed E-state index contributed by atoms with van der Waals surface area (Å²) in [6.45, 7) is 5.25. The molecule has 31 heavy (non-hydrogen) atoms. The van der Waals surface area contributed by atoms with Crippen LogP contribution in [0.5, 0.6) is 0 Å². The SMILES string of the molecule is CCCCCCCCC=CCCCCCCCCCCCCCCOCC[N+](C)(C)C. The molecule has 0 saturated carbocycles. The van der Waals surface area contributed by atoms with E-state index in [2.05, 4.69) is 40.2 Å². The van der Waals surface area contributed by atoms with Gasteiger partial charge in [-0.15, -0.1) is 0 Å². The zero-order valence-electron chi connectivity index (χ0n) is 22.3. The Morgan fingerprint density at radius 1 is 0.484 bits per heavy atom. The molecule has 0 saturated heterocycles. The summed E-state index contributed by atoms with van der Waals surface area (Å²) in [5.74, 6) is 0. The molecule has 0 amide bonds. The first-order valence-electron chi connectivity index (χ1n) is 14.1.